The monoisotopic (exact) mass is 384 g/mol. The molecule has 0 bridgehead atoms. The normalized spacial score (nSPS) is 15.1. The first kappa shape index (κ1) is 18.3. The molecule has 1 aromatic carbocycles. The van der Waals surface area contributed by atoms with Crippen LogP contribution in [0, 0.1) is 0 Å². The average Bonchev–Trinajstić information content (AvgIpc) is 3.13. The molecule has 1 fully saturated rings. The summed E-state index contributed by atoms with van der Waals surface area (Å²) in [5.41, 5.74) is 1.48. The second-order valence-corrected chi connectivity index (χ2v) is 6.80. The van der Waals surface area contributed by atoms with Gasteiger partial charge in [0.1, 0.15) is 0 Å². The van der Waals surface area contributed by atoms with Gasteiger partial charge in [-0.1, -0.05) is 6.07 Å². The van der Waals surface area contributed by atoms with Crippen LogP contribution in [0.3, 0.4) is 0 Å². The van der Waals surface area contributed by atoms with Gasteiger partial charge in [0.25, 0.3) is 0 Å². The van der Waals surface area contributed by atoms with Gasteiger partial charge in [-0.3, -0.25) is 0 Å². The van der Waals surface area contributed by atoms with Gasteiger partial charge in [-0.15, -0.1) is 5.10 Å². The number of aromatic nitrogens is 4. The van der Waals surface area contributed by atoms with E-state index in [1.807, 2.05) is 18.2 Å². The highest BCUT2D eigenvalue weighted by atomic mass is 16.5. The molecule has 9 heteroatoms. The summed E-state index contributed by atoms with van der Waals surface area (Å²) in [6, 6.07) is 6.39. The first-order valence-corrected chi connectivity index (χ1v) is 9.30. The van der Waals surface area contributed by atoms with Crippen LogP contribution in [0.2, 0.25) is 0 Å². The summed E-state index contributed by atoms with van der Waals surface area (Å²) in [6.45, 7) is 2.49. The maximum Gasteiger partial charge on any atom is 0.347 e. The standard InChI is InChI=1S/C19H24N6O3/c1-27-15-4-3-13(11-16(15)28-2)12-21-14-5-8-24(9-6-14)17-18-22-23-19(26)25(18)10-7-20-17/h3-4,7,10-11,14,21H,5-6,8-9,12H2,1-2H3,(H,23,26). The van der Waals surface area contributed by atoms with E-state index in [-0.39, 0.29) is 5.69 Å². The summed E-state index contributed by atoms with van der Waals surface area (Å²) in [5.74, 6) is 2.22. The van der Waals surface area contributed by atoms with Crippen LogP contribution in [0.4, 0.5) is 5.82 Å². The van der Waals surface area contributed by atoms with E-state index in [0.717, 1.165) is 55.4 Å². The molecular formula is C19H24N6O3. The number of ether oxygens (including phenoxy) is 2. The molecule has 0 saturated carbocycles. The Labute approximate surface area is 162 Å². The highest BCUT2D eigenvalue weighted by Crippen LogP contribution is 2.27. The topological polar surface area (TPSA) is 96.8 Å². The van der Waals surface area contributed by atoms with Gasteiger partial charge < -0.3 is 19.7 Å². The number of benzene rings is 1. The predicted molar refractivity (Wildman–Crippen MR) is 105 cm³/mol. The minimum Gasteiger partial charge on any atom is -0.493 e. The fraction of sp³-hybridized carbons (Fsp3) is 0.421. The van der Waals surface area contributed by atoms with Crippen LogP contribution >= 0.6 is 0 Å². The summed E-state index contributed by atoms with van der Waals surface area (Å²) in [6.07, 6.45) is 5.25. The molecule has 0 unspecified atom stereocenters. The number of rotatable bonds is 6. The van der Waals surface area contributed by atoms with Crippen LogP contribution in [0.5, 0.6) is 11.5 Å². The zero-order chi connectivity index (χ0) is 19.5. The SMILES string of the molecule is COc1ccc(CNC2CCN(c3nccn4c(=O)[nH]nc34)CC2)cc1OC. The predicted octanol–water partition coefficient (Wildman–Crippen LogP) is 1.19. The summed E-state index contributed by atoms with van der Waals surface area (Å²) >= 11 is 0. The Bertz CT molecular complexity index is 1010. The number of H-pyrrole nitrogens is 1. The fourth-order valence-corrected chi connectivity index (χ4v) is 3.60. The number of anilines is 1. The summed E-state index contributed by atoms with van der Waals surface area (Å²) in [7, 11) is 3.28. The second kappa shape index (κ2) is 7.89. The maximum absolute atomic E-state index is 11.7. The Kier molecular flexibility index (Phi) is 5.16. The van der Waals surface area contributed by atoms with E-state index in [1.165, 1.54) is 4.40 Å². The Balaban J connectivity index is 1.36. The number of hydrogen-bond donors (Lipinski definition) is 2. The van der Waals surface area contributed by atoms with Gasteiger partial charge >= 0.3 is 5.69 Å². The number of methoxy groups -OCH3 is 2. The molecule has 0 amide bonds. The van der Waals surface area contributed by atoms with E-state index < -0.39 is 0 Å². The third-order valence-electron chi connectivity index (χ3n) is 5.15. The average molecular weight is 384 g/mol. The minimum atomic E-state index is -0.245. The lowest BCUT2D eigenvalue weighted by Gasteiger charge is -2.33. The van der Waals surface area contributed by atoms with Gasteiger partial charge in [-0.2, -0.15) is 0 Å². The van der Waals surface area contributed by atoms with E-state index >= 15 is 0 Å². The summed E-state index contributed by atoms with van der Waals surface area (Å²) < 4.78 is 12.1. The van der Waals surface area contributed by atoms with Crippen molar-refractivity contribution in [3.63, 3.8) is 0 Å². The Hall–Kier alpha value is -3.07. The largest absolute Gasteiger partial charge is 0.493 e. The van der Waals surface area contributed by atoms with Crippen LogP contribution in [0.15, 0.2) is 35.4 Å². The van der Waals surface area contributed by atoms with Gasteiger partial charge in [0.15, 0.2) is 17.3 Å². The van der Waals surface area contributed by atoms with E-state index in [2.05, 4.69) is 25.4 Å². The summed E-state index contributed by atoms with van der Waals surface area (Å²) in [4.78, 5) is 18.4. The van der Waals surface area contributed by atoms with Crippen LogP contribution in [-0.2, 0) is 6.54 Å². The molecule has 0 spiro atoms. The van der Waals surface area contributed by atoms with Crippen molar-refractivity contribution in [2.75, 3.05) is 32.2 Å². The van der Waals surface area contributed by atoms with Crippen molar-refractivity contribution in [3.8, 4) is 11.5 Å². The number of fused-ring (bicyclic) bond motifs is 1. The third kappa shape index (κ3) is 3.53. The van der Waals surface area contributed by atoms with Gasteiger partial charge in [0.05, 0.1) is 14.2 Å². The van der Waals surface area contributed by atoms with Gasteiger partial charge in [-0.05, 0) is 30.5 Å². The highest BCUT2D eigenvalue weighted by Gasteiger charge is 2.22. The Morgan fingerprint density at radius 2 is 2.00 bits per heavy atom. The molecule has 3 aromatic rings. The molecule has 1 aliphatic heterocycles. The Morgan fingerprint density at radius 1 is 1.21 bits per heavy atom. The van der Waals surface area contributed by atoms with E-state index in [9.17, 15) is 4.79 Å². The van der Waals surface area contributed by atoms with Crippen molar-refractivity contribution in [2.45, 2.75) is 25.4 Å². The first-order valence-electron chi connectivity index (χ1n) is 9.30. The lowest BCUT2D eigenvalue weighted by molar-refractivity contribution is 0.354. The fourth-order valence-electron chi connectivity index (χ4n) is 3.60. The molecule has 0 aliphatic carbocycles. The molecule has 2 N–H and O–H groups in total. The highest BCUT2D eigenvalue weighted by molar-refractivity contribution is 5.63. The maximum atomic E-state index is 11.7. The lowest BCUT2D eigenvalue weighted by atomic mass is 10.0. The Morgan fingerprint density at radius 3 is 2.75 bits per heavy atom. The third-order valence-corrected chi connectivity index (χ3v) is 5.15. The molecule has 3 heterocycles. The molecule has 0 radical (unpaired) electrons. The van der Waals surface area contributed by atoms with E-state index in [0.29, 0.717) is 11.7 Å². The van der Waals surface area contributed by atoms with Crippen LogP contribution in [-0.4, -0.2) is 52.9 Å². The molecule has 9 nitrogen and oxygen atoms in total. The zero-order valence-electron chi connectivity index (χ0n) is 16.0. The van der Waals surface area contributed by atoms with Crippen molar-refractivity contribution >= 4 is 11.5 Å². The quantitative estimate of drug-likeness (QED) is 0.659. The van der Waals surface area contributed by atoms with E-state index in [1.54, 1.807) is 26.6 Å². The summed E-state index contributed by atoms with van der Waals surface area (Å²) in [5, 5.41) is 10.2. The number of nitrogens with one attached hydrogen (secondary N) is 2. The zero-order valence-corrected chi connectivity index (χ0v) is 16.0. The molecule has 1 saturated heterocycles. The van der Waals surface area contributed by atoms with Crippen LogP contribution < -0.4 is 25.4 Å². The lowest BCUT2D eigenvalue weighted by Crippen LogP contribution is -2.42. The van der Waals surface area contributed by atoms with Gasteiger partial charge in [0.2, 0.25) is 5.65 Å². The van der Waals surface area contributed by atoms with Crippen molar-refractivity contribution in [1.82, 2.24) is 24.9 Å². The van der Waals surface area contributed by atoms with Gasteiger partial charge in [0, 0.05) is 38.1 Å². The molecule has 28 heavy (non-hydrogen) atoms. The van der Waals surface area contributed by atoms with Crippen LogP contribution in [0.25, 0.3) is 5.65 Å². The number of nitrogens with zero attached hydrogens (tertiary/aromatic N) is 4. The molecule has 4 rings (SSSR count). The molecular weight excluding hydrogens is 360 g/mol. The smallest absolute Gasteiger partial charge is 0.347 e. The molecule has 148 valence electrons. The molecule has 1 aliphatic rings. The van der Waals surface area contributed by atoms with Crippen LogP contribution in [0.1, 0.15) is 18.4 Å². The first-order chi connectivity index (χ1) is 13.7. The second-order valence-electron chi connectivity index (χ2n) is 6.80. The van der Waals surface area contributed by atoms with Crippen molar-refractivity contribution in [1.29, 1.82) is 0 Å². The molecule has 2 aromatic heterocycles. The number of piperidine rings is 1. The van der Waals surface area contributed by atoms with Gasteiger partial charge in [-0.25, -0.2) is 19.3 Å². The molecule has 0 atom stereocenters. The number of aromatic amines is 1. The van der Waals surface area contributed by atoms with Crippen molar-refractivity contribution < 1.29 is 9.47 Å². The van der Waals surface area contributed by atoms with E-state index in [4.69, 9.17) is 9.47 Å². The van der Waals surface area contributed by atoms with Crippen molar-refractivity contribution in [2.24, 2.45) is 0 Å². The minimum absolute atomic E-state index is 0.245. The van der Waals surface area contributed by atoms with Crippen molar-refractivity contribution in [3.05, 3.63) is 46.6 Å². The number of hydrogen-bond acceptors (Lipinski definition) is 7.